The lowest BCUT2D eigenvalue weighted by atomic mass is 10.3. The Hall–Kier alpha value is -0.910. The smallest absolute Gasteiger partial charge is 0.0764 e. The number of aliphatic hydroxyl groups is 2. The third-order valence-electron chi connectivity index (χ3n) is 3.58. The zero-order valence-electron chi connectivity index (χ0n) is 10.8. The van der Waals surface area contributed by atoms with Crippen LogP contribution in [-0.4, -0.2) is 51.2 Å². The van der Waals surface area contributed by atoms with Crippen LogP contribution < -0.4 is 0 Å². The van der Waals surface area contributed by atoms with Gasteiger partial charge in [-0.2, -0.15) is 5.10 Å². The van der Waals surface area contributed by atoms with Gasteiger partial charge in [0.1, 0.15) is 0 Å². The van der Waals surface area contributed by atoms with Gasteiger partial charge in [0.15, 0.2) is 0 Å². The molecule has 102 valence electrons. The summed E-state index contributed by atoms with van der Waals surface area (Å²) >= 11 is 0. The molecule has 1 aromatic heterocycles. The molecule has 0 amide bonds. The third-order valence-corrected chi connectivity index (χ3v) is 3.58. The van der Waals surface area contributed by atoms with Crippen molar-refractivity contribution in [2.75, 3.05) is 26.3 Å². The van der Waals surface area contributed by atoms with Crippen LogP contribution in [0.4, 0.5) is 0 Å². The Morgan fingerprint density at radius 1 is 1.22 bits per heavy atom. The lowest BCUT2D eigenvalue weighted by Crippen LogP contribution is -2.29. The van der Waals surface area contributed by atoms with E-state index in [0.717, 1.165) is 5.69 Å². The van der Waals surface area contributed by atoms with Gasteiger partial charge in [-0.1, -0.05) is 12.8 Å². The fourth-order valence-corrected chi connectivity index (χ4v) is 2.62. The van der Waals surface area contributed by atoms with Crippen molar-refractivity contribution in [1.82, 2.24) is 14.7 Å². The van der Waals surface area contributed by atoms with Crippen molar-refractivity contribution >= 4 is 0 Å². The van der Waals surface area contributed by atoms with Gasteiger partial charge in [-0.05, 0) is 18.9 Å². The van der Waals surface area contributed by atoms with Crippen molar-refractivity contribution in [2.24, 2.45) is 0 Å². The predicted octanol–water partition coefficient (Wildman–Crippen LogP) is 0.785. The molecule has 1 aliphatic carbocycles. The van der Waals surface area contributed by atoms with Gasteiger partial charge in [-0.25, -0.2) is 0 Å². The average molecular weight is 253 g/mol. The number of rotatable bonds is 7. The minimum atomic E-state index is 0.114. The molecule has 1 fully saturated rings. The topological polar surface area (TPSA) is 61.5 Å². The highest BCUT2D eigenvalue weighted by Gasteiger charge is 2.17. The fraction of sp³-hybridized carbons (Fsp3) is 0.769. The SMILES string of the molecule is OCCN(CCO)Cc1ccn(C2CCCC2)n1. The van der Waals surface area contributed by atoms with Gasteiger partial charge in [0, 0.05) is 25.8 Å². The molecule has 5 nitrogen and oxygen atoms in total. The summed E-state index contributed by atoms with van der Waals surface area (Å²) < 4.78 is 2.08. The van der Waals surface area contributed by atoms with Crippen LogP contribution in [0.3, 0.4) is 0 Å². The number of hydrogen-bond acceptors (Lipinski definition) is 4. The van der Waals surface area contributed by atoms with Gasteiger partial charge in [0.25, 0.3) is 0 Å². The highest BCUT2D eigenvalue weighted by Crippen LogP contribution is 2.28. The first-order valence-corrected chi connectivity index (χ1v) is 6.81. The van der Waals surface area contributed by atoms with Crippen molar-refractivity contribution in [3.8, 4) is 0 Å². The van der Waals surface area contributed by atoms with E-state index in [9.17, 15) is 0 Å². The Bertz CT molecular complexity index is 342. The maximum absolute atomic E-state index is 8.97. The summed E-state index contributed by atoms with van der Waals surface area (Å²) in [4.78, 5) is 2.02. The average Bonchev–Trinajstić information content (AvgIpc) is 2.98. The summed E-state index contributed by atoms with van der Waals surface area (Å²) in [5.74, 6) is 0. The molecule has 18 heavy (non-hydrogen) atoms. The largest absolute Gasteiger partial charge is 0.395 e. The maximum atomic E-state index is 8.97. The lowest BCUT2D eigenvalue weighted by Gasteiger charge is -2.18. The number of aliphatic hydroxyl groups excluding tert-OH is 2. The van der Waals surface area contributed by atoms with E-state index in [0.29, 0.717) is 25.7 Å². The quantitative estimate of drug-likeness (QED) is 0.754. The van der Waals surface area contributed by atoms with Crippen LogP contribution in [0.2, 0.25) is 0 Å². The van der Waals surface area contributed by atoms with Gasteiger partial charge in [-0.15, -0.1) is 0 Å². The molecule has 2 N–H and O–H groups in total. The second kappa shape index (κ2) is 6.87. The first-order chi connectivity index (χ1) is 8.83. The lowest BCUT2D eigenvalue weighted by molar-refractivity contribution is 0.154. The second-order valence-corrected chi connectivity index (χ2v) is 4.95. The summed E-state index contributed by atoms with van der Waals surface area (Å²) in [6, 6.07) is 2.61. The molecule has 0 spiro atoms. The predicted molar refractivity (Wildman–Crippen MR) is 69.2 cm³/mol. The maximum Gasteiger partial charge on any atom is 0.0764 e. The first kappa shape index (κ1) is 13.5. The van der Waals surface area contributed by atoms with Crippen LogP contribution in [0.5, 0.6) is 0 Å². The standard InChI is InChI=1S/C13H23N3O2/c17-9-7-15(8-10-18)11-12-5-6-16(14-12)13-3-1-2-4-13/h5-6,13,17-18H,1-4,7-11H2. The Morgan fingerprint density at radius 2 is 1.89 bits per heavy atom. The Labute approximate surface area is 108 Å². The molecule has 2 rings (SSSR count). The Kier molecular flexibility index (Phi) is 5.16. The molecule has 0 atom stereocenters. The van der Waals surface area contributed by atoms with Crippen molar-refractivity contribution < 1.29 is 10.2 Å². The number of aromatic nitrogens is 2. The zero-order chi connectivity index (χ0) is 12.8. The van der Waals surface area contributed by atoms with Crippen LogP contribution in [0.15, 0.2) is 12.3 Å². The normalized spacial score (nSPS) is 16.8. The Balaban J connectivity index is 1.91. The van der Waals surface area contributed by atoms with E-state index in [1.165, 1.54) is 25.7 Å². The Morgan fingerprint density at radius 3 is 2.50 bits per heavy atom. The van der Waals surface area contributed by atoms with E-state index in [4.69, 9.17) is 10.2 Å². The monoisotopic (exact) mass is 253 g/mol. The summed E-state index contributed by atoms with van der Waals surface area (Å²) in [6.45, 7) is 2.08. The number of nitrogens with zero attached hydrogens (tertiary/aromatic N) is 3. The molecule has 5 heteroatoms. The van der Waals surface area contributed by atoms with Crippen LogP contribution in [0, 0.1) is 0 Å². The number of hydrogen-bond donors (Lipinski definition) is 2. The molecule has 0 radical (unpaired) electrons. The molecule has 0 saturated heterocycles. The molecule has 1 heterocycles. The third kappa shape index (κ3) is 3.54. The van der Waals surface area contributed by atoms with Gasteiger partial charge in [0.2, 0.25) is 0 Å². The molecule has 1 aromatic rings. The molecule has 1 aliphatic rings. The molecule has 0 unspecified atom stereocenters. The van der Waals surface area contributed by atoms with Crippen LogP contribution in [0.25, 0.3) is 0 Å². The van der Waals surface area contributed by atoms with Gasteiger partial charge in [-0.3, -0.25) is 9.58 Å². The van der Waals surface area contributed by atoms with Crippen LogP contribution in [0.1, 0.15) is 37.4 Å². The van der Waals surface area contributed by atoms with E-state index in [2.05, 4.69) is 16.0 Å². The van der Waals surface area contributed by atoms with Gasteiger partial charge in [0.05, 0.1) is 24.9 Å². The van der Waals surface area contributed by atoms with Gasteiger partial charge < -0.3 is 10.2 Å². The van der Waals surface area contributed by atoms with Crippen LogP contribution in [-0.2, 0) is 6.54 Å². The second-order valence-electron chi connectivity index (χ2n) is 4.95. The van der Waals surface area contributed by atoms with E-state index >= 15 is 0 Å². The van der Waals surface area contributed by atoms with Gasteiger partial charge >= 0.3 is 0 Å². The highest BCUT2D eigenvalue weighted by molar-refractivity contribution is 5.00. The van der Waals surface area contributed by atoms with E-state index in [-0.39, 0.29) is 13.2 Å². The molecular weight excluding hydrogens is 230 g/mol. The first-order valence-electron chi connectivity index (χ1n) is 6.81. The molecule has 0 bridgehead atoms. The van der Waals surface area contributed by atoms with Crippen molar-refractivity contribution in [2.45, 2.75) is 38.3 Å². The summed E-state index contributed by atoms with van der Waals surface area (Å²) in [7, 11) is 0. The van der Waals surface area contributed by atoms with Crippen molar-refractivity contribution in [3.05, 3.63) is 18.0 Å². The van der Waals surface area contributed by atoms with Crippen LogP contribution >= 0.6 is 0 Å². The summed E-state index contributed by atoms with van der Waals surface area (Å²) in [5.41, 5.74) is 1.02. The minimum absolute atomic E-state index is 0.114. The van der Waals surface area contributed by atoms with E-state index in [1.54, 1.807) is 0 Å². The van der Waals surface area contributed by atoms with Crippen molar-refractivity contribution in [3.63, 3.8) is 0 Å². The van der Waals surface area contributed by atoms with E-state index in [1.807, 2.05) is 11.0 Å². The molecule has 1 saturated carbocycles. The zero-order valence-corrected chi connectivity index (χ0v) is 10.8. The molecular formula is C13H23N3O2. The van der Waals surface area contributed by atoms with Crippen molar-refractivity contribution in [1.29, 1.82) is 0 Å². The fourth-order valence-electron chi connectivity index (χ4n) is 2.62. The molecule has 0 aromatic carbocycles. The highest BCUT2D eigenvalue weighted by atomic mass is 16.3. The molecule has 0 aliphatic heterocycles. The summed E-state index contributed by atoms with van der Waals surface area (Å²) in [5, 5.41) is 22.5. The van der Waals surface area contributed by atoms with E-state index < -0.39 is 0 Å². The minimum Gasteiger partial charge on any atom is -0.395 e. The summed E-state index contributed by atoms with van der Waals surface area (Å²) in [6.07, 6.45) is 7.14.